The summed E-state index contributed by atoms with van der Waals surface area (Å²) < 4.78 is 16.0. The highest BCUT2D eigenvalue weighted by molar-refractivity contribution is 7.17. The number of hydrogen-bond acceptors (Lipinski definition) is 6. The molecule has 1 aromatic heterocycles. The summed E-state index contributed by atoms with van der Waals surface area (Å²) in [4.78, 5) is 19.9. The lowest BCUT2D eigenvalue weighted by Gasteiger charge is -2.18. The smallest absolute Gasteiger partial charge is 0.265 e. The van der Waals surface area contributed by atoms with Gasteiger partial charge in [0.25, 0.3) is 5.91 Å². The van der Waals surface area contributed by atoms with Crippen LogP contribution in [0.5, 0.6) is 17.2 Å². The minimum absolute atomic E-state index is 0.112. The van der Waals surface area contributed by atoms with Gasteiger partial charge in [0.2, 0.25) is 0 Å². The first-order chi connectivity index (χ1) is 14.4. The molecule has 0 saturated carbocycles. The number of nitrogens with zero attached hydrogens (tertiary/aromatic N) is 2. The number of aromatic nitrogens is 1. The Morgan fingerprint density at radius 3 is 2.37 bits per heavy atom. The number of ether oxygens (including phenoxy) is 3. The zero-order valence-corrected chi connectivity index (χ0v) is 19.1. The average molecular weight is 447 g/mol. The van der Waals surface area contributed by atoms with Crippen LogP contribution >= 0.6 is 22.9 Å². The molecule has 0 spiro atoms. The Balaban J connectivity index is 1.86. The first-order valence-corrected chi connectivity index (χ1v) is 10.3. The number of thiazole rings is 1. The molecule has 3 aromatic rings. The van der Waals surface area contributed by atoms with Crippen LogP contribution in [0.4, 0.5) is 0 Å². The van der Waals surface area contributed by atoms with Crippen LogP contribution < -0.4 is 14.2 Å². The van der Waals surface area contributed by atoms with Crippen LogP contribution in [0, 0.1) is 6.92 Å². The topological polar surface area (TPSA) is 60.9 Å². The molecule has 0 unspecified atom stereocenters. The normalized spacial score (nSPS) is 10.6. The van der Waals surface area contributed by atoms with E-state index in [9.17, 15) is 4.79 Å². The number of aryl methyl sites for hydroxylation is 1. The van der Waals surface area contributed by atoms with Gasteiger partial charge in [0, 0.05) is 29.7 Å². The van der Waals surface area contributed by atoms with Crippen LogP contribution in [0.2, 0.25) is 5.02 Å². The molecule has 1 amide bonds. The standard InChI is InChI=1S/C22H23ClN2O4S/c1-13-20(22(26)25(2)12-15-10-16(23)7-9-17(15)27-3)30-21(24-13)14-6-8-18(28-4)19(11-14)29-5/h6-11H,12H2,1-5H3. The van der Waals surface area contributed by atoms with Gasteiger partial charge in [-0.3, -0.25) is 4.79 Å². The Hall–Kier alpha value is -2.77. The van der Waals surface area contributed by atoms with Gasteiger partial charge in [-0.05, 0) is 43.3 Å². The molecule has 3 rings (SSSR count). The summed E-state index contributed by atoms with van der Waals surface area (Å²) in [6.45, 7) is 2.20. The maximum absolute atomic E-state index is 13.1. The van der Waals surface area contributed by atoms with E-state index >= 15 is 0 Å². The summed E-state index contributed by atoms with van der Waals surface area (Å²) in [6.07, 6.45) is 0. The van der Waals surface area contributed by atoms with Crippen LogP contribution in [-0.2, 0) is 6.54 Å². The Kier molecular flexibility index (Phi) is 6.84. The van der Waals surface area contributed by atoms with E-state index in [0.29, 0.717) is 39.4 Å². The van der Waals surface area contributed by atoms with Crippen molar-refractivity contribution in [2.45, 2.75) is 13.5 Å². The molecule has 0 fully saturated rings. The molecule has 0 atom stereocenters. The van der Waals surface area contributed by atoms with E-state index in [1.54, 1.807) is 51.5 Å². The van der Waals surface area contributed by atoms with Crippen LogP contribution in [-0.4, -0.2) is 44.2 Å². The molecule has 1 heterocycles. The lowest BCUT2D eigenvalue weighted by molar-refractivity contribution is 0.0788. The quantitative estimate of drug-likeness (QED) is 0.507. The molecule has 0 saturated heterocycles. The van der Waals surface area contributed by atoms with Gasteiger partial charge in [-0.2, -0.15) is 0 Å². The van der Waals surface area contributed by atoms with Gasteiger partial charge < -0.3 is 19.1 Å². The van der Waals surface area contributed by atoms with Crippen molar-refractivity contribution in [3.05, 3.63) is 57.6 Å². The second kappa shape index (κ2) is 9.36. The van der Waals surface area contributed by atoms with Gasteiger partial charge in [0.05, 0.1) is 27.0 Å². The highest BCUT2D eigenvalue weighted by atomic mass is 35.5. The molecule has 0 N–H and O–H groups in total. The van der Waals surface area contributed by atoms with Gasteiger partial charge in [0.1, 0.15) is 15.6 Å². The van der Waals surface area contributed by atoms with E-state index in [-0.39, 0.29) is 5.91 Å². The minimum Gasteiger partial charge on any atom is -0.496 e. The third-order valence-corrected chi connectivity index (χ3v) is 6.05. The Morgan fingerprint density at radius 2 is 1.70 bits per heavy atom. The van der Waals surface area contributed by atoms with Gasteiger partial charge in [-0.1, -0.05) is 11.6 Å². The fourth-order valence-corrected chi connectivity index (χ4v) is 4.31. The number of amides is 1. The van der Waals surface area contributed by atoms with Crippen molar-refractivity contribution in [1.82, 2.24) is 9.88 Å². The van der Waals surface area contributed by atoms with E-state index in [1.165, 1.54) is 11.3 Å². The number of carbonyl (C=O) groups excluding carboxylic acids is 1. The van der Waals surface area contributed by atoms with Gasteiger partial charge in [-0.25, -0.2) is 4.98 Å². The molecular formula is C22H23ClN2O4S. The van der Waals surface area contributed by atoms with Gasteiger partial charge in [-0.15, -0.1) is 11.3 Å². The van der Waals surface area contributed by atoms with Gasteiger partial charge >= 0.3 is 0 Å². The maximum Gasteiger partial charge on any atom is 0.265 e. The number of hydrogen-bond donors (Lipinski definition) is 0. The van der Waals surface area contributed by atoms with Crippen molar-refractivity contribution < 1.29 is 19.0 Å². The molecule has 0 radical (unpaired) electrons. The summed E-state index contributed by atoms with van der Waals surface area (Å²) in [5.41, 5.74) is 2.38. The van der Waals surface area contributed by atoms with Crippen molar-refractivity contribution in [1.29, 1.82) is 0 Å². The van der Waals surface area contributed by atoms with Crippen LogP contribution in [0.25, 0.3) is 10.6 Å². The predicted octanol–water partition coefficient (Wildman–Crippen LogP) is 5.07. The monoisotopic (exact) mass is 446 g/mol. The zero-order chi connectivity index (χ0) is 21.8. The summed E-state index contributed by atoms with van der Waals surface area (Å²) in [5, 5.41) is 1.34. The fourth-order valence-electron chi connectivity index (χ4n) is 3.06. The lowest BCUT2D eigenvalue weighted by atomic mass is 10.2. The van der Waals surface area contributed by atoms with Crippen molar-refractivity contribution in [2.75, 3.05) is 28.4 Å². The minimum atomic E-state index is -0.112. The molecular weight excluding hydrogens is 424 g/mol. The van der Waals surface area contributed by atoms with E-state index in [4.69, 9.17) is 25.8 Å². The average Bonchev–Trinajstić information content (AvgIpc) is 3.14. The van der Waals surface area contributed by atoms with Crippen molar-refractivity contribution in [3.63, 3.8) is 0 Å². The van der Waals surface area contributed by atoms with Crippen molar-refractivity contribution in [3.8, 4) is 27.8 Å². The van der Waals surface area contributed by atoms with Crippen LogP contribution in [0.1, 0.15) is 20.9 Å². The third-order valence-electron chi connectivity index (χ3n) is 4.62. The number of rotatable bonds is 7. The lowest BCUT2D eigenvalue weighted by Crippen LogP contribution is -2.26. The molecule has 158 valence electrons. The molecule has 0 aliphatic heterocycles. The predicted molar refractivity (Wildman–Crippen MR) is 119 cm³/mol. The first kappa shape index (κ1) is 21.9. The SMILES string of the molecule is COc1ccc(Cl)cc1CN(C)C(=O)c1sc(-c2ccc(OC)c(OC)c2)nc1C. The summed E-state index contributed by atoms with van der Waals surface area (Å²) in [6, 6.07) is 10.9. The number of halogens is 1. The number of benzene rings is 2. The fraction of sp³-hybridized carbons (Fsp3) is 0.273. The first-order valence-electron chi connectivity index (χ1n) is 9.15. The van der Waals surface area contributed by atoms with Gasteiger partial charge in [0.15, 0.2) is 11.5 Å². The molecule has 2 aromatic carbocycles. The number of methoxy groups -OCH3 is 3. The molecule has 0 aliphatic carbocycles. The Bertz CT molecular complexity index is 1070. The molecule has 30 heavy (non-hydrogen) atoms. The maximum atomic E-state index is 13.1. The Morgan fingerprint density at radius 1 is 1.03 bits per heavy atom. The van der Waals surface area contributed by atoms with E-state index in [2.05, 4.69) is 4.98 Å². The van der Waals surface area contributed by atoms with Crippen LogP contribution in [0.15, 0.2) is 36.4 Å². The van der Waals surface area contributed by atoms with Crippen molar-refractivity contribution >= 4 is 28.8 Å². The third kappa shape index (κ3) is 4.52. The van der Waals surface area contributed by atoms with E-state index in [1.807, 2.05) is 25.1 Å². The highest BCUT2D eigenvalue weighted by Gasteiger charge is 2.21. The molecule has 0 bridgehead atoms. The summed E-state index contributed by atoms with van der Waals surface area (Å²) >= 11 is 7.46. The molecule has 0 aliphatic rings. The van der Waals surface area contributed by atoms with Crippen LogP contribution in [0.3, 0.4) is 0 Å². The summed E-state index contributed by atoms with van der Waals surface area (Å²) in [5.74, 6) is 1.83. The van der Waals surface area contributed by atoms with E-state index in [0.717, 1.165) is 16.1 Å². The Labute approximate surface area is 185 Å². The number of carbonyl (C=O) groups is 1. The zero-order valence-electron chi connectivity index (χ0n) is 17.5. The second-order valence-corrected chi connectivity index (χ2v) is 8.06. The largest absolute Gasteiger partial charge is 0.496 e. The highest BCUT2D eigenvalue weighted by Crippen LogP contribution is 2.35. The molecule has 8 heteroatoms. The molecule has 6 nitrogen and oxygen atoms in total. The van der Waals surface area contributed by atoms with E-state index < -0.39 is 0 Å². The van der Waals surface area contributed by atoms with Crippen molar-refractivity contribution in [2.24, 2.45) is 0 Å². The summed E-state index contributed by atoms with van der Waals surface area (Å²) in [7, 11) is 6.52. The second-order valence-electron chi connectivity index (χ2n) is 6.62.